The summed E-state index contributed by atoms with van der Waals surface area (Å²) in [5, 5.41) is 3.22. The smallest absolute Gasteiger partial charge is 0.224 e. The minimum atomic E-state index is -0.246. The zero-order valence-corrected chi connectivity index (χ0v) is 12.6. The highest BCUT2D eigenvalue weighted by Gasteiger charge is 2.07. The summed E-state index contributed by atoms with van der Waals surface area (Å²) >= 11 is 0. The Labute approximate surface area is 124 Å². The second kappa shape index (κ2) is 7.02. The summed E-state index contributed by atoms with van der Waals surface area (Å²) in [6.45, 7) is 6.63. The van der Waals surface area contributed by atoms with Gasteiger partial charge in [-0.25, -0.2) is 9.37 Å². The van der Waals surface area contributed by atoms with E-state index in [-0.39, 0.29) is 5.82 Å². The van der Waals surface area contributed by atoms with Crippen LogP contribution in [0.15, 0.2) is 24.3 Å². The van der Waals surface area contributed by atoms with Crippen molar-refractivity contribution in [2.75, 3.05) is 11.9 Å². The third kappa shape index (κ3) is 4.15. The fraction of sp³-hybridized carbons (Fsp3) is 0.375. The second-order valence-corrected chi connectivity index (χ2v) is 4.80. The lowest BCUT2D eigenvalue weighted by Gasteiger charge is -2.10. The van der Waals surface area contributed by atoms with Crippen LogP contribution >= 0.6 is 0 Å². The molecule has 0 aliphatic carbocycles. The molecule has 0 saturated heterocycles. The monoisotopic (exact) mass is 289 g/mol. The van der Waals surface area contributed by atoms with E-state index in [1.54, 1.807) is 25.1 Å². The van der Waals surface area contributed by atoms with E-state index >= 15 is 0 Å². The van der Waals surface area contributed by atoms with Crippen molar-refractivity contribution < 1.29 is 9.13 Å². The standard InChI is InChI=1S/C16H20FN3O/c1-4-8-18-15-10-16(20-14(5-2)19-15)21-12-6-7-13(17)11(3)9-12/h6-7,9-10H,4-5,8H2,1-3H3,(H,18,19,20). The van der Waals surface area contributed by atoms with Gasteiger partial charge in [-0.15, -0.1) is 0 Å². The minimum absolute atomic E-state index is 0.246. The molecule has 1 aromatic heterocycles. The number of nitrogens with zero attached hydrogens (tertiary/aromatic N) is 2. The van der Waals surface area contributed by atoms with E-state index in [1.165, 1.54) is 6.07 Å². The molecule has 0 spiro atoms. The Balaban J connectivity index is 2.23. The highest BCUT2D eigenvalue weighted by Crippen LogP contribution is 2.23. The van der Waals surface area contributed by atoms with Gasteiger partial charge in [0.2, 0.25) is 5.88 Å². The van der Waals surface area contributed by atoms with E-state index in [9.17, 15) is 4.39 Å². The molecule has 2 rings (SSSR count). The van der Waals surface area contributed by atoms with Gasteiger partial charge in [-0.05, 0) is 37.1 Å². The number of halogens is 1. The molecule has 5 heteroatoms. The Kier molecular flexibility index (Phi) is 5.09. The number of hydrogen-bond acceptors (Lipinski definition) is 4. The predicted molar refractivity (Wildman–Crippen MR) is 81.4 cm³/mol. The summed E-state index contributed by atoms with van der Waals surface area (Å²) in [7, 11) is 0. The van der Waals surface area contributed by atoms with Crippen LogP contribution in [0, 0.1) is 12.7 Å². The third-order valence-corrected chi connectivity index (χ3v) is 2.97. The van der Waals surface area contributed by atoms with Crippen molar-refractivity contribution in [1.82, 2.24) is 9.97 Å². The number of rotatable bonds is 6. The van der Waals surface area contributed by atoms with Crippen molar-refractivity contribution in [3.05, 3.63) is 41.5 Å². The van der Waals surface area contributed by atoms with Crippen LogP contribution in [0.1, 0.15) is 31.7 Å². The van der Waals surface area contributed by atoms with Gasteiger partial charge >= 0.3 is 0 Å². The van der Waals surface area contributed by atoms with Crippen LogP contribution < -0.4 is 10.1 Å². The van der Waals surface area contributed by atoms with E-state index in [0.29, 0.717) is 23.0 Å². The lowest BCUT2D eigenvalue weighted by molar-refractivity contribution is 0.457. The molecule has 0 saturated carbocycles. The lowest BCUT2D eigenvalue weighted by atomic mass is 10.2. The van der Waals surface area contributed by atoms with Crippen LogP contribution in [0.3, 0.4) is 0 Å². The van der Waals surface area contributed by atoms with Gasteiger partial charge in [-0.3, -0.25) is 0 Å². The third-order valence-electron chi connectivity index (χ3n) is 2.97. The summed E-state index contributed by atoms with van der Waals surface area (Å²) in [6, 6.07) is 6.40. The van der Waals surface area contributed by atoms with Crippen LogP contribution in [0.4, 0.5) is 10.2 Å². The topological polar surface area (TPSA) is 47.0 Å². The molecule has 1 N–H and O–H groups in total. The van der Waals surface area contributed by atoms with E-state index in [2.05, 4.69) is 22.2 Å². The fourth-order valence-corrected chi connectivity index (χ4v) is 1.83. The maximum atomic E-state index is 13.3. The van der Waals surface area contributed by atoms with E-state index in [4.69, 9.17) is 4.74 Å². The van der Waals surface area contributed by atoms with Gasteiger partial charge in [-0.1, -0.05) is 13.8 Å². The van der Waals surface area contributed by atoms with E-state index in [0.717, 1.165) is 25.2 Å². The Bertz CT molecular complexity index is 616. The van der Waals surface area contributed by atoms with Crippen molar-refractivity contribution >= 4 is 5.82 Å². The molecular weight excluding hydrogens is 269 g/mol. The number of benzene rings is 1. The number of hydrogen-bond donors (Lipinski definition) is 1. The predicted octanol–water partition coefficient (Wildman–Crippen LogP) is 4.10. The maximum absolute atomic E-state index is 13.3. The number of nitrogens with one attached hydrogen (secondary N) is 1. The zero-order chi connectivity index (χ0) is 15.2. The zero-order valence-electron chi connectivity index (χ0n) is 12.6. The van der Waals surface area contributed by atoms with E-state index in [1.807, 2.05) is 6.92 Å². The van der Waals surface area contributed by atoms with Crippen LogP contribution in [-0.4, -0.2) is 16.5 Å². The van der Waals surface area contributed by atoms with E-state index < -0.39 is 0 Å². The van der Waals surface area contributed by atoms with Gasteiger partial charge in [0, 0.05) is 19.0 Å². The van der Waals surface area contributed by atoms with Gasteiger partial charge in [0.05, 0.1) is 0 Å². The number of aromatic nitrogens is 2. The first-order chi connectivity index (χ1) is 10.1. The second-order valence-electron chi connectivity index (χ2n) is 4.80. The van der Waals surface area contributed by atoms with Crippen LogP contribution in [0.2, 0.25) is 0 Å². The SMILES string of the molecule is CCCNc1cc(Oc2ccc(F)c(C)c2)nc(CC)n1. The highest BCUT2D eigenvalue weighted by molar-refractivity contribution is 5.40. The van der Waals surface area contributed by atoms with Crippen molar-refractivity contribution in [2.24, 2.45) is 0 Å². The molecule has 112 valence electrons. The average molecular weight is 289 g/mol. The molecule has 2 aromatic rings. The minimum Gasteiger partial charge on any atom is -0.439 e. The molecule has 0 radical (unpaired) electrons. The molecule has 4 nitrogen and oxygen atoms in total. The summed E-state index contributed by atoms with van der Waals surface area (Å²) in [5.74, 6) is 2.25. The van der Waals surface area contributed by atoms with Crippen LogP contribution in [-0.2, 0) is 6.42 Å². The Morgan fingerprint density at radius 1 is 1.19 bits per heavy atom. The fourth-order valence-electron chi connectivity index (χ4n) is 1.83. The first-order valence-electron chi connectivity index (χ1n) is 7.18. The number of anilines is 1. The number of aryl methyl sites for hydroxylation is 2. The van der Waals surface area contributed by atoms with Crippen molar-refractivity contribution in [3.63, 3.8) is 0 Å². The normalized spacial score (nSPS) is 10.5. The molecule has 1 heterocycles. The first-order valence-corrected chi connectivity index (χ1v) is 7.18. The Morgan fingerprint density at radius 2 is 2.00 bits per heavy atom. The summed E-state index contributed by atoms with van der Waals surface area (Å²) in [4.78, 5) is 8.74. The molecule has 0 aliphatic heterocycles. The first kappa shape index (κ1) is 15.2. The van der Waals surface area contributed by atoms with Gasteiger partial charge in [-0.2, -0.15) is 4.98 Å². The highest BCUT2D eigenvalue weighted by atomic mass is 19.1. The average Bonchev–Trinajstić information content (AvgIpc) is 2.48. The van der Waals surface area contributed by atoms with Crippen LogP contribution in [0.5, 0.6) is 11.6 Å². The lowest BCUT2D eigenvalue weighted by Crippen LogP contribution is -2.05. The van der Waals surface area contributed by atoms with Gasteiger partial charge in [0.15, 0.2) is 0 Å². The summed E-state index contributed by atoms with van der Waals surface area (Å²) in [5.41, 5.74) is 0.543. The van der Waals surface area contributed by atoms with Crippen LogP contribution in [0.25, 0.3) is 0 Å². The summed E-state index contributed by atoms with van der Waals surface area (Å²) in [6.07, 6.45) is 1.74. The van der Waals surface area contributed by atoms with Gasteiger partial charge < -0.3 is 10.1 Å². The molecule has 0 fully saturated rings. The Morgan fingerprint density at radius 3 is 2.67 bits per heavy atom. The molecule has 0 amide bonds. The molecule has 1 aromatic carbocycles. The Hall–Kier alpha value is -2.17. The molecule has 0 atom stereocenters. The van der Waals surface area contributed by atoms with Crippen molar-refractivity contribution in [3.8, 4) is 11.6 Å². The molecule has 0 aliphatic rings. The quantitative estimate of drug-likeness (QED) is 0.869. The molecule has 21 heavy (non-hydrogen) atoms. The molecule has 0 unspecified atom stereocenters. The molecule has 0 bridgehead atoms. The van der Waals surface area contributed by atoms with Crippen molar-refractivity contribution in [2.45, 2.75) is 33.6 Å². The molecular formula is C16H20FN3O. The number of ether oxygens (including phenoxy) is 1. The maximum Gasteiger partial charge on any atom is 0.224 e. The van der Waals surface area contributed by atoms with Gasteiger partial charge in [0.25, 0.3) is 0 Å². The van der Waals surface area contributed by atoms with Gasteiger partial charge in [0.1, 0.15) is 23.2 Å². The summed E-state index contributed by atoms with van der Waals surface area (Å²) < 4.78 is 19.0. The largest absolute Gasteiger partial charge is 0.439 e. The van der Waals surface area contributed by atoms with Crippen molar-refractivity contribution in [1.29, 1.82) is 0 Å².